The van der Waals surface area contributed by atoms with Gasteiger partial charge in [-0.25, -0.2) is 0 Å². The number of nitrogens with zero attached hydrogens (tertiary/aromatic N) is 1. The predicted octanol–water partition coefficient (Wildman–Crippen LogP) is 3.09. The van der Waals surface area contributed by atoms with Crippen LogP contribution in [0, 0.1) is 11.3 Å². The zero-order chi connectivity index (χ0) is 30.2. The topological polar surface area (TPSA) is 172 Å². The van der Waals surface area contributed by atoms with E-state index in [2.05, 4.69) is 20.7 Å². The van der Waals surface area contributed by atoms with E-state index in [9.17, 15) is 9.59 Å². The molecular weight excluding hydrogens is 607 g/mol. The lowest BCUT2D eigenvalue weighted by Crippen LogP contribution is -2.36. The summed E-state index contributed by atoms with van der Waals surface area (Å²) in [4.78, 5) is 27.4. The van der Waals surface area contributed by atoms with Crippen molar-refractivity contribution in [2.75, 3.05) is 49.3 Å². The molecule has 9 nitrogen and oxygen atoms in total. The number of nitrogens with one attached hydrogen (secondary N) is 3. The standard InChI is InChI=1S/C29H53N7O2S4/c30-18-28(37)34-11-13-39-24-8-7-22(24)17-23(32)5-3-1-2-4-6-27(33)36-20-42(21-41-15-16-41)26-10-9-25(26)40-14-12-35-29(38)19-31/h15,21-22,24-26,32H,1-14,16-20,30-31H2,(H2,33,36)(H,34,37)(H,35,38). The van der Waals surface area contributed by atoms with Crippen LogP contribution in [0.5, 0.6) is 0 Å². The Morgan fingerprint density at radius 3 is 2.12 bits per heavy atom. The van der Waals surface area contributed by atoms with Crippen LogP contribution in [0.1, 0.15) is 70.6 Å². The van der Waals surface area contributed by atoms with E-state index in [4.69, 9.17) is 27.6 Å². The first kappa shape index (κ1) is 35.6. The molecule has 2 fully saturated rings. The van der Waals surface area contributed by atoms with Gasteiger partial charge in [-0.05, 0) is 67.4 Å². The number of hydrogen-bond acceptors (Lipinski definition) is 8. The highest BCUT2D eigenvalue weighted by atomic mass is 32.2. The summed E-state index contributed by atoms with van der Waals surface area (Å²) in [5.74, 6) is 5.16. The minimum Gasteiger partial charge on any atom is -0.387 e. The minimum absolute atomic E-state index is 0.0519. The molecule has 2 aliphatic carbocycles. The number of nitrogens with two attached hydrogens (primary N) is 3. The summed E-state index contributed by atoms with van der Waals surface area (Å²) < 4.78 is 2.56. The molecule has 0 aromatic heterocycles. The van der Waals surface area contributed by atoms with E-state index < -0.39 is 0 Å². The fourth-order valence-electron chi connectivity index (χ4n) is 5.04. The minimum atomic E-state index is -0.0921. The van der Waals surface area contributed by atoms with Gasteiger partial charge in [0.05, 0.1) is 24.8 Å². The molecule has 0 saturated heterocycles. The second-order valence-corrected chi connectivity index (χ2v) is 18.1. The number of aliphatic imine (C=N–C) groups is 1. The zero-order valence-electron chi connectivity index (χ0n) is 25.0. The lowest BCUT2D eigenvalue weighted by atomic mass is 9.80. The third-order valence-corrected chi connectivity index (χ3v) is 15.5. The van der Waals surface area contributed by atoms with Gasteiger partial charge >= 0.3 is 0 Å². The summed E-state index contributed by atoms with van der Waals surface area (Å²) >= 11 is 3.91. The third-order valence-electron chi connectivity index (χ3n) is 7.96. The first-order valence-electron chi connectivity index (χ1n) is 15.5. The number of rotatable bonds is 23. The van der Waals surface area contributed by atoms with E-state index >= 15 is 0 Å². The zero-order valence-corrected chi connectivity index (χ0v) is 28.3. The van der Waals surface area contributed by atoms with Crippen molar-refractivity contribution in [2.24, 2.45) is 28.1 Å². The summed E-state index contributed by atoms with van der Waals surface area (Å²) in [5.41, 5.74) is 17.9. The van der Waals surface area contributed by atoms with Gasteiger partial charge in [-0.1, -0.05) is 12.8 Å². The van der Waals surface area contributed by atoms with E-state index in [1.54, 1.807) is 0 Å². The number of amides is 2. The number of thioether (sulfide) groups is 2. The van der Waals surface area contributed by atoms with Crippen LogP contribution in [0.2, 0.25) is 0 Å². The van der Waals surface area contributed by atoms with Gasteiger partial charge in [-0.3, -0.25) is 14.6 Å². The largest absolute Gasteiger partial charge is 0.387 e. The summed E-state index contributed by atoms with van der Waals surface area (Å²) in [6.45, 7) is 1.47. The van der Waals surface area contributed by atoms with Gasteiger partial charge in [0.25, 0.3) is 0 Å². The molecule has 3 aliphatic rings. The molecule has 1 aliphatic heterocycles. The van der Waals surface area contributed by atoms with Gasteiger partial charge < -0.3 is 33.2 Å². The Balaban J connectivity index is 1.24. The Bertz CT molecular complexity index is 991. The molecule has 0 bridgehead atoms. The number of unbranched alkanes of at least 4 members (excludes halogenated alkanes) is 3. The second kappa shape index (κ2) is 20.2. The van der Waals surface area contributed by atoms with Crippen LogP contribution in [0.4, 0.5) is 0 Å². The van der Waals surface area contributed by atoms with Crippen LogP contribution in [-0.2, 0) is 9.59 Å². The third kappa shape index (κ3) is 13.8. The molecule has 6 unspecified atom stereocenters. The average Bonchev–Trinajstić information content (AvgIpc) is 3.78. The molecule has 1 heterocycles. The molecule has 6 atom stereocenters. The molecule has 0 spiro atoms. The molecule has 0 radical (unpaired) electrons. The van der Waals surface area contributed by atoms with E-state index in [1.165, 1.54) is 31.4 Å². The molecular formula is C29H53N7O2S4. The maximum atomic E-state index is 11.4. The van der Waals surface area contributed by atoms with Crippen molar-refractivity contribution in [3.05, 3.63) is 0 Å². The Morgan fingerprint density at radius 1 is 0.952 bits per heavy atom. The van der Waals surface area contributed by atoms with Crippen LogP contribution >= 0.6 is 44.5 Å². The van der Waals surface area contributed by atoms with Crippen molar-refractivity contribution in [2.45, 2.75) is 86.4 Å². The van der Waals surface area contributed by atoms with Gasteiger partial charge in [0, 0.05) is 58.2 Å². The van der Waals surface area contributed by atoms with Crippen LogP contribution in [0.25, 0.3) is 0 Å². The van der Waals surface area contributed by atoms with Crippen molar-refractivity contribution in [1.29, 1.82) is 5.41 Å². The van der Waals surface area contributed by atoms with Gasteiger partial charge in [-0.15, -0.1) is 0 Å². The van der Waals surface area contributed by atoms with Crippen LogP contribution in [-0.4, -0.2) is 98.5 Å². The van der Waals surface area contributed by atoms with Crippen molar-refractivity contribution < 1.29 is 9.59 Å². The molecule has 2 amide bonds. The SMILES string of the molecule is N=C(CCCCCCC(N)=NC/S(=C\S1=CC1)C1CCC1SCCNC(=O)CN)CC1CCC1SCCNC(=O)CN. The molecule has 3 rings (SSSR count). The fraction of sp³-hybridized carbons (Fsp3) is 0.793. The molecule has 2 saturated carbocycles. The normalized spacial score (nSPS) is 25.6. The van der Waals surface area contributed by atoms with Crippen LogP contribution < -0.4 is 27.8 Å². The average molecular weight is 660 g/mol. The van der Waals surface area contributed by atoms with E-state index in [0.717, 1.165) is 73.9 Å². The lowest BCUT2D eigenvalue weighted by molar-refractivity contribution is -0.120. The number of carbonyl (C=O) groups excluding carboxylic acids is 2. The Hall–Kier alpha value is -0.860. The molecule has 9 N–H and O–H groups in total. The van der Waals surface area contributed by atoms with Crippen molar-refractivity contribution in [1.82, 2.24) is 10.6 Å². The quantitative estimate of drug-likeness (QED) is 0.0423. The highest BCUT2D eigenvalue weighted by molar-refractivity contribution is 8.43. The van der Waals surface area contributed by atoms with Gasteiger partial charge in [0.15, 0.2) is 0 Å². The van der Waals surface area contributed by atoms with Crippen molar-refractivity contribution >= 4 is 77.9 Å². The van der Waals surface area contributed by atoms with Gasteiger partial charge in [0.2, 0.25) is 11.8 Å². The number of hydrogen-bond donors (Lipinski definition) is 6. The van der Waals surface area contributed by atoms with Crippen LogP contribution in [0.3, 0.4) is 0 Å². The first-order chi connectivity index (χ1) is 20.4. The van der Waals surface area contributed by atoms with Crippen molar-refractivity contribution in [3.8, 4) is 0 Å². The van der Waals surface area contributed by atoms with Crippen LogP contribution in [0.15, 0.2) is 4.99 Å². The molecule has 13 heteroatoms. The summed E-state index contributed by atoms with van der Waals surface area (Å²) in [6.07, 6.45) is 12.1. The highest BCUT2D eigenvalue weighted by Crippen LogP contribution is 2.45. The van der Waals surface area contributed by atoms with E-state index in [1.807, 2.05) is 23.5 Å². The van der Waals surface area contributed by atoms with Gasteiger partial charge in [0.1, 0.15) is 0 Å². The second-order valence-electron chi connectivity index (χ2n) is 11.2. The summed E-state index contributed by atoms with van der Waals surface area (Å²) in [5, 5.41) is 18.5. The number of carbonyl (C=O) groups is 2. The maximum Gasteiger partial charge on any atom is 0.233 e. The summed E-state index contributed by atoms with van der Waals surface area (Å²) in [7, 11) is 0.560. The maximum absolute atomic E-state index is 11.4. The highest BCUT2D eigenvalue weighted by Gasteiger charge is 2.34. The van der Waals surface area contributed by atoms with E-state index in [-0.39, 0.29) is 35.4 Å². The number of amidine groups is 1. The molecule has 240 valence electrons. The molecule has 42 heavy (non-hydrogen) atoms. The Morgan fingerprint density at radius 2 is 1.57 bits per heavy atom. The predicted molar refractivity (Wildman–Crippen MR) is 191 cm³/mol. The Kier molecular flexibility index (Phi) is 17.2. The lowest BCUT2D eigenvalue weighted by Gasteiger charge is -2.38. The first-order valence-corrected chi connectivity index (χ1v) is 20.6. The van der Waals surface area contributed by atoms with E-state index in [0.29, 0.717) is 45.2 Å². The van der Waals surface area contributed by atoms with Crippen molar-refractivity contribution in [3.63, 3.8) is 0 Å². The fourth-order valence-corrected chi connectivity index (χ4v) is 12.7. The molecule has 0 aromatic rings. The van der Waals surface area contributed by atoms with Gasteiger partial charge in [-0.2, -0.15) is 44.5 Å². The monoisotopic (exact) mass is 659 g/mol. The molecule has 0 aromatic carbocycles. The summed E-state index contributed by atoms with van der Waals surface area (Å²) in [6, 6.07) is 0. The smallest absolute Gasteiger partial charge is 0.233 e. The Labute approximate surface area is 266 Å².